The lowest BCUT2D eigenvalue weighted by Crippen LogP contribution is -2.31. The van der Waals surface area contributed by atoms with Crippen LogP contribution >= 0.6 is 0 Å². The highest BCUT2D eigenvalue weighted by Crippen LogP contribution is 2.27. The van der Waals surface area contributed by atoms with E-state index in [0.717, 1.165) is 18.9 Å². The first-order valence-electron chi connectivity index (χ1n) is 7.27. The molecule has 1 aromatic rings. The highest BCUT2D eigenvalue weighted by molar-refractivity contribution is 5.99. The number of piperidine rings is 1. The molecule has 19 heavy (non-hydrogen) atoms. The smallest absolute Gasteiger partial charge is 0.0609 e. The molecule has 0 amide bonds. The van der Waals surface area contributed by atoms with Gasteiger partial charge in [0.05, 0.1) is 6.54 Å². The summed E-state index contributed by atoms with van der Waals surface area (Å²) in [6, 6.07) is 10.6. The topological polar surface area (TPSA) is 15.6 Å². The highest BCUT2D eigenvalue weighted by atomic mass is 15.1. The Hall–Kier alpha value is -1.41. The average molecular weight is 254 g/mol. The quantitative estimate of drug-likeness (QED) is 0.809. The molecule has 0 spiro atoms. The van der Waals surface area contributed by atoms with Crippen LogP contribution in [-0.4, -0.2) is 37.3 Å². The maximum Gasteiger partial charge on any atom is 0.0609 e. The number of nitrogens with zero attached hydrogens (tertiary/aromatic N) is 2. The maximum absolute atomic E-state index is 4.72. The summed E-state index contributed by atoms with van der Waals surface area (Å²) in [5.41, 5.74) is 4.20. The summed E-state index contributed by atoms with van der Waals surface area (Å²) in [7, 11) is 2.22. The van der Waals surface area contributed by atoms with Crippen molar-refractivity contribution in [1.82, 2.24) is 4.90 Å². The minimum atomic E-state index is 0.772. The van der Waals surface area contributed by atoms with E-state index in [-0.39, 0.29) is 0 Å². The molecule has 0 aromatic heterocycles. The molecule has 1 aromatic carbocycles. The van der Waals surface area contributed by atoms with E-state index in [0.29, 0.717) is 0 Å². The van der Waals surface area contributed by atoms with Crippen molar-refractivity contribution in [2.75, 3.05) is 26.7 Å². The minimum Gasteiger partial charge on any atom is -0.306 e. The molecule has 0 radical (unpaired) electrons. The Bertz CT molecular complexity index is 479. The molecule has 2 nitrogen and oxygen atoms in total. The van der Waals surface area contributed by atoms with Crippen LogP contribution in [0.1, 0.15) is 18.4 Å². The molecule has 0 unspecified atom stereocenters. The van der Waals surface area contributed by atoms with E-state index in [4.69, 9.17) is 4.99 Å². The van der Waals surface area contributed by atoms with Gasteiger partial charge in [-0.2, -0.15) is 0 Å². The van der Waals surface area contributed by atoms with Gasteiger partial charge in [-0.05, 0) is 56.1 Å². The Balaban J connectivity index is 1.61. The minimum absolute atomic E-state index is 0.772. The van der Waals surface area contributed by atoms with E-state index in [9.17, 15) is 0 Å². The number of benzene rings is 1. The summed E-state index contributed by atoms with van der Waals surface area (Å²) in [5, 5.41) is 0. The van der Waals surface area contributed by atoms with Crippen molar-refractivity contribution in [3.8, 4) is 0 Å². The average Bonchev–Trinajstić information content (AvgIpc) is 2.89. The molecule has 2 aliphatic rings. The van der Waals surface area contributed by atoms with Crippen LogP contribution in [0.5, 0.6) is 0 Å². The fourth-order valence-electron chi connectivity index (χ4n) is 3.04. The third-order valence-corrected chi connectivity index (χ3v) is 4.29. The Morgan fingerprint density at radius 2 is 1.89 bits per heavy atom. The van der Waals surface area contributed by atoms with Crippen LogP contribution in [0.3, 0.4) is 0 Å². The molecule has 0 bridgehead atoms. The molecule has 2 aliphatic heterocycles. The predicted molar refractivity (Wildman–Crippen MR) is 80.8 cm³/mol. The summed E-state index contributed by atoms with van der Waals surface area (Å²) in [6.07, 6.45) is 5.95. The van der Waals surface area contributed by atoms with Gasteiger partial charge in [0.15, 0.2) is 0 Å². The summed E-state index contributed by atoms with van der Waals surface area (Å²) in [4.78, 5) is 7.15. The summed E-state index contributed by atoms with van der Waals surface area (Å²) in [6.45, 7) is 3.41. The van der Waals surface area contributed by atoms with Crippen molar-refractivity contribution < 1.29 is 0 Å². The van der Waals surface area contributed by atoms with Crippen molar-refractivity contribution >= 4 is 5.71 Å². The molecule has 1 fully saturated rings. The van der Waals surface area contributed by atoms with E-state index in [1.54, 1.807) is 5.57 Å². The zero-order valence-electron chi connectivity index (χ0n) is 11.7. The van der Waals surface area contributed by atoms with Crippen molar-refractivity contribution in [2.24, 2.45) is 10.9 Å². The van der Waals surface area contributed by atoms with Gasteiger partial charge < -0.3 is 4.90 Å². The number of allylic oxidation sites excluding steroid dienone is 1. The summed E-state index contributed by atoms with van der Waals surface area (Å²) >= 11 is 0. The molecule has 0 saturated carbocycles. The Kier molecular flexibility index (Phi) is 3.79. The third-order valence-electron chi connectivity index (χ3n) is 4.29. The maximum atomic E-state index is 4.72. The Morgan fingerprint density at radius 3 is 2.63 bits per heavy atom. The van der Waals surface area contributed by atoms with E-state index < -0.39 is 0 Å². The first-order valence-corrected chi connectivity index (χ1v) is 7.27. The molecular formula is C17H22N2. The molecule has 0 N–H and O–H groups in total. The number of aliphatic imine (C=N–C) groups is 1. The Morgan fingerprint density at radius 1 is 1.16 bits per heavy atom. The van der Waals surface area contributed by atoms with Crippen LogP contribution in [-0.2, 0) is 6.42 Å². The van der Waals surface area contributed by atoms with Crippen molar-refractivity contribution in [3.05, 3.63) is 47.5 Å². The van der Waals surface area contributed by atoms with Gasteiger partial charge in [0.25, 0.3) is 0 Å². The van der Waals surface area contributed by atoms with E-state index in [1.807, 2.05) is 0 Å². The zero-order chi connectivity index (χ0) is 13.1. The fourth-order valence-corrected chi connectivity index (χ4v) is 3.04. The second kappa shape index (κ2) is 5.70. The molecule has 2 heterocycles. The van der Waals surface area contributed by atoms with Crippen molar-refractivity contribution in [1.29, 1.82) is 0 Å². The van der Waals surface area contributed by atoms with E-state index in [1.165, 1.54) is 37.2 Å². The molecule has 100 valence electrons. The lowest BCUT2D eigenvalue weighted by Gasteiger charge is -2.29. The molecule has 3 rings (SSSR count). The van der Waals surface area contributed by atoms with Crippen LogP contribution in [0, 0.1) is 5.92 Å². The molecular weight excluding hydrogens is 232 g/mol. The van der Waals surface area contributed by atoms with Gasteiger partial charge in [0.1, 0.15) is 0 Å². The van der Waals surface area contributed by atoms with Crippen LogP contribution in [0.4, 0.5) is 0 Å². The summed E-state index contributed by atoms with van der Waals surface area (Å²) < 4.78 is 0. The third kappa shape index (κ3) is 3.13. The zero-order valence-corrected chi connectivity index (χ0v) is 11.7. The van der Waals surface area contributed by atoms with Gasteiger partial charge in [-0.3, -0.25) is 4.99 Å². The number of rotatable bonds is 3. The van der Waals surface area contributed by atoms with Gasteiger partial charge in [-0.15, -0.1) is 0 Å². The Labute approximate surface area is 115 Å². The molecule has 0 atom stereocenters. The standard InChI is InChI=1S/C17H22N2/c1-19-9-7-15(8-10-19)16-12-17(18-13-16)11-14-5-3-2-4-6-14/h2-6,12,15H,7-11,13H2,1H3. The summed E-state index contributed by atoms with van der Waals surface area (Å²) in [5.74, 6) is 0.772. The number of likely N-dealkylation sites (tertiary alicyclic amines) is 1. The van der Waals surface area contributed by atoms with Crippen molar-refractivity contribution in [2.45, 2.75) is 19.3 Å². The number of hydrogen-bond donors (Lipinski definition) is 0. The first-order chi connectivity index (χ1) is 9.31. The van der Waals surface area contributed by atoms with Gasteiger partial charge >= 0.3 is 0 Å². The van der Waals surface area contributed by atoms with Gasteiger partial charge in [0.2, 0.25) is 0 Å². The van der Waals surface area contributed by atoms with Crippen LogP contribution in [0.15, 0.2) is 47.0 Å². The second-order valence-corrected chi connectivity index (χ2v) is 5.77. The normalized spacial score (nSPS) is 21.3. The largest absolute Gasteiger partial charge is 0.306 e. The monoisotopic (exact) mass is 254 g/mol. The van der Waals surface area contributed by atoms with Crippen LogP contribution in [0.2, 0.25) is 0 Å². The fraction of sp³-hybridized carbons (Fsp3) is 0.471. The van der Waals surface area contributed by atoms with Crippen LogP contribution in [0.25, 0.3) is 0 Å². The van der Waals surface area contributed by atoms with Crippen molar-refractivity contribution in [3.63, 3.8) is 0 Å². The first kappa shape index (κ1) is 12.6. The molecule has 0 aliphatic carbocycles. The molecule has 2 heteroatoms. The predicted octanol–water partition coefficient (Wildman–Crippen LogP) is 2.95. The highest BCUT2D eigenvalue weighted by Gasteiger charge is 2.22. The second-order valence-electron chi connectivity index (χ2n) is 5.77. The van der Waals surface area contributed by atoms with Gasteiger partial charge in [-0.1, -0.05) is 30.3 Å². The lowest BCUT2D eigenvalue weighted by atomic mass is 9.89. The molecule has 1 saturated heterocycles. The van der Waals surface area contributed by atoms with Gasteiger partial charge in [0, 0.05) is 12.1 Å². The SMILES string of the molecule is CN1CCC(C2=CC(Cc3ccccc3)=NC2)CC1. The van der Waals surface area contributed by atoms with Gasteiger partial charge in [-0.25, -0.2) is 0 Å². The van der Waals surface area contributed by atoms with E-state index >= 15 is 0 Å². The van der Waals surface area contributed by atoms with Crippen LogP contribution < -0.4 is 0 Å². The van der Waals surface area contributed by atoms with E-state index in [2.05, 4.69) is 48.4 Å². The lowest BCUT2D eigenvalue weighted by molar-refractivity contribution is 0.237. The number of hydrogen-bond acceptors (Lipinski definition) is 2.